The Morgan fingerprint density at radius 3 is 2.38 bits per heavy atom. The second-order valence-corrected chi connectivity index (χ2v) is 8.03. The molecule has 2 N–H and O–H groups in total. The fourth-order valence-electron chi connectivity index (χ4n) is 2.94. The van der Waals surface area contributed by atoms with E-state index in [0.29, 0.717) is 10.7 Å². The molecule has 2 aromatic heterocycles. The average Bonchev–Trinajstić information content (AvgIpc) is 2.84. The molecule has 37 heavy (non-hydrogen) atoms. The molecule has 0 spiro atoms. The van der Waals surface area contributed by atoms with Gasteiger partial charge in [0, 0.05) is 12.7 Å². The first-order valence-electron chi connectivity index (χ1n) is 10.4. The van der Waals surface area contributed by atoms with Crippen LogP contribution in [0, 0.1) is 5.82 Å². The number of hydrazone groups is 1. The van der Waals surface area contributed by atoms with Gasteiger partial charge < -0.3 is 10.1 Å². The molecule has 0 saturated carbocycles. The van der Waals surface area contributed by atoms with Gasteiger partial charge in [0.2, 0.25) is 11.9 Å². The average molecular weight is 552 g/mol. The van der Waals surface area contributed by atoms with Gasteiger partial charge in [-0.1, -0.05) is 35.3 Å². The molecular formula is C23H15Cl2F4N7O. The minimum absolute atomic E-state index is 0.0324. The molecule has 2 aromatic carbocycles. The predicted octanol–water partition coefficient (Wildman–Crippen LogP) is 6.34. The van der Waals surface area contributed by atoms with Gasteiger partial charge in [-0.15, -0.1) is 13.2 Å². The monoisotopic (exact) mass is 551 g/mol. The summed E-state index contributed by atoms with van der Waals surface area (Å²) in [4.78, 5) is 16.7. The van der Waals surface area contributed by atoms with Gasteiger partial charge in [-0.05, 0) is 53.6 Å². The molecule has 0 aliphatic carbocycles. The van der Waals surface area contributed by atoms with Gasteiger partial charge >= 0.3 is 6.36 Å². The molecule has 0 atom stereocenters. The van der Waals surface area contributed by atoms with E-state index in [1.165, 1.54) is 36.5 Å². The van der Waals surface area contributed by atoms with Crippen LogP contribution in [0.15, 0.2) is 65.9 Å². The fourth-order valence-corrected chi connectivity index (χ4v) is 3.30. The number of benzene rings is 2. The minimum Gasteiger partial charge on any atom is -0.406 e. The number of rotatable bonds is 8. The normalized spacial score (nSPS) is 11.5. The molecule has 190 valence electrons. The van der Waals surface area contributed by atoms with Gasteiger partial charge in [0.25, 0.3) is 0 Å². The van der Waals surface area contributed by atoms with Crippen molar-refractivity contribution >= 4 is 41.3 Å². The lowest BCUT2D eigenvalue weighted by atomic mass is 10.2. The Balaban J connectivity index is 1.56. The predicted molar refractivity (Wildman–Crippen MR) is 131 cm³/mol. The van der Waals surface area contributed by atoms with E-state index < -0.39 is 12.2 Å². The van der Waals surface area contributed by atoms with Crippen LogP contribution >= 0.6 is 23.2 Å². The highest BCUT2D eigenvalue weighted by molar-refractivity contribution is 6.33. The van der Waals surface area contributed by atoms with E-state index in [-0.39, 0.29) is 40.6 Å². The maximum Gasteiger partial charge on any atom is 0.573 e. The summed E-state index contributed by atoms with van der Waals surface area (Å²) in [5.74, 6) is -1.02. The first-order chi connectivity index (χ1) is 17.7. The molecule has 4 aromatic rings. The summed E-state index contributed by atoms with van der Waals surface area (Å²) in [5, 5.41) is 7.42. The molecule has 0 saturated heterocycles. The molecule has 0 fully saturated rings. The largest absolute Gasteiger partial charge is 0.573 e. The van der Waals surface area contributed by atoms with Crippen molar-refractivity contribution in [2.75, 3.05) is 10.7 Å². The highest BCUT2D eigenvalue weighted by Gasteiger charge is 2.30. The highest BCUT2D eigenvalue weighted by atomic mass is 35.5. The van der Waals surface area contributed by atoms with Gasteiger partial charge in [-0.3, -0.25) is 0 Å². The number of alkyl halides is 3. The van der Waals surface area contributed by atoms with Gasteiger partial charge in [0.05, 0.1) is 16.8 Å². The second kappa shape index (κ2) is 11.4. The van der Waals surface area contributed by atoms with E-state index in [1.807, 2.05) is 0 Å². The van der Waals surface area contributed by atoms with Crippen LogP contribution in [0.25, 0.3) is 11.4 Å². The van der Waals surface area contributed by atoms with Crippen molar-refractivity contribution in [2.24, 2.45) is 5.10 Å². The van der Waals surface area contributed by atoms with Crippen molar-refractivity contribution in [1.29, 1.82) is 0 Å². The first-order valence-corrected chi connectivity index (χ1v) is 11.1. The number of aromatic nitrogens is 4. The van der Waals surface area contributed by atoms with Crippen LogP contribution < -0.4 is 15.5 Å². The Morgan fingerprint density at radius 2 is 1.70 bits per heavy atom. The lowest BCUT2D eigenvalue weighted by Crippen LogP contribution is -2.17. The summed E-state index contributed by atoms with van der Waals surface area (Å²) in [7, 11) is 0. The number of anilines is 2. The van der Waals surface area contributed by atoms with E-state index in [9.17, 15) is 17.6 Å². The maximum atomic E-state index is 14.5. The highest BCUT2D eigenvalue weighted by Crippen LogP contribution is 2.29. The van der Waals surface area contributed by atoms with Crippen molar-refractivity contribution < 1.29 is 22.3 Å². The molecule has 0 bridgehead atoms. The number of hydrogen-bond donors (Lipinski definition) is 2. The Bertz CT molecular complexity index is 1380. The first kappa shape index (κ1) is 26.0. The summed E-state index contributed by atoms with van der Waals surface area (Å²) >= 11 is 12.0. The third-order valence-electron chi connectivity index (χ3n) is 4.55. The molecule has 4 rings (SSSR count). The van der Waals surface area contributed by atoms with Crippen molar-refractivity contribution in [1.82, 2.24) is 19.9 Å². The van der Waals surface area contributed by atoms with Crippen molar-refractivity contribution in [3.8, 4) is 17.1 Å². The maximum absolute atomic E-state index is 14.5. The van der Waals surface area contributed by atoms with E-state index in [2.05, 4.69) is 40.5 Å². The topological polar surface area (TPSA) is 97.2 Å². The number of nitrogens with one attached hydrogen (secondary N) is 2. The molecule has 14 heteroatoms. The quantitative estimate of drug-likeness (QED) is 0.114. The number of hydrogen-bond acceptors (Lipinski definition) is 8. The molecule has 8 nitrogen and oxygen atoms in total. The number of nitrogens with zero attached hydrogens (tertiary/aromatic N) is 5. The molecular weight excluding hydrogens is 537 g/mol. The zero-order chi connectivity index (χ0) is 26.4. The summed E-state index contributed by atoms with van der Waals surface area (Å²) < 4.78 is 55.3. The fraction of sp³-hybridized carbons (Fsp3) is 0.0870. The van der Waals surface area contributed by atoms with Crippen LogP contribution in [0.2, 0.25) is 10.2 Å². The Morgan fingerprint density at radius 1 is 0.946 bits per heavy atom. The zero-order valence-corrected chi connectivity index (χ0v) is 20.0. The van der Waals surface area contributed by atoms with Crippen LogP contribution in [-0.2, 0) is 6.54 Å². The number of halogens is 6. The second-order valence-electron chi connectivity index (χ2n) is 7.23. The third kappa shape index (κ3) is 7.48. The van der Waals surface area contributed by atoms with Crippen LogP contribution in [0.1, 0.15) is 11.1 Å². The molecule has 0 unspecified atom stereocenters. The molecule has 0 aliphatic rings. The number of ether oxygens (including phenoxy) is 1. The molecule has 0 radical (unpaired) electrons. The zero-order valence-electron chi connectivity index (χ0n) is 18.5. The van der Waals surface area contributed by atoms with Crippen molar-refractivity contribution in [2.45, 2.75) is 12.9 Å². The van der Waals surface area contributed by atoms with Crippen LogP contribution in [0.5, 0.6) is 5.75 Å². The third-order valence-corrected chi connectivity index (χ3v) is 5.09. The van der Waals surface area contributed by atoms with Crippen LogP contribution in [0.4, 0.5) is 29.5 Å². The summed E-state index contributed by atoms with van der Waals surface area (Å²) in [6.45, 7) is 0.272. The Hall–Kier alpha value is -4.03. The van der Waals surface area contributed by atoms with E-state index in [0.717, 1.165) is 17.7 Å². The minimum atomic E-state index is -4.79. The van der Waals surface area contributed by atoms with E-state index >= 15 is 0 Å². The van der Waals surface area contributed by atoms with Gasteiger partial charge in [0.1, 0.15) is 16.7 Å². The summed E-state index contributed by atoms with van der Waals surface area (Å²) in [6.07, 6.45) is -1.90. The van der Waals surface area contributed by atoms with E-state index in [4.69, 9.17) is 23.2 Å². The lowest BCUT2D eigenvalue weighted by Gasteiger charge is -2.10. The SMILES string of the molecule is Fc1cccc(Cl)c1-c1nc(NCc2ccc(Cl)nc2)nc(N/N=C\c2ccc(OC(F)(F)F)cc2)n1. The van der Waals surface area contributed by atoms with Gasteiger partial charge in [-0.25, -0.2) is 14.8 Å². The van der Waals surface area contributed by atoms with E-state index in [1.54, 1.807) is 18.3 Å². The summed E-state index contributed by atoms with van der Waals surface area (Å²) in [6, 6.07) is 12.6. The Kier molecular flexibility index (Phi) is 7.99. The van der Waals surface area contributed by atoms with Crippen LogP contribution in [0.3, 0.4) is 0 Å². The summed E-state index contributed by atoms with van der Waals surface area (Å²) in [5.41, 5.74) is 3.81. The van der Waals surface area contributed by atoms with Crippen molar-refractivity contribution in [3.63, 3.8) is 0 Å². The standard InChI is InChI=1S/C23H15Cl2F4N7O/c24-16-2-1-3-17(26)19(16)20-33-21(31-11-14-6-9-18(25)30-10-14)35-22(34-20)36-32-12-13-4-7-15(8-5-13)37-23(27,28)29/h1-10,12H,11H2,(H2,31,33,34,35,36)/b32-12-. The molecule has 2 heterocycles. The van der Waals surface area contributed by atoms with Gasteiger partial charge in [-0.2, -0.15) is 20.1 Å². The molecule has 0 amide bonds. The smallest absolute Gasteiger partial charge is 0.406 e. The van der Waals surface area contributed by atoms with Gasteiger partial charge in [0.15, 0.2) is 5.82 Å². The molecule has 0 aliphatic heterocycles. The van der Waals surface area contributed by atoms with Crippen molar-refractivity contribution in [3.05, 3.63) is 87.9 Å². The Labute approximate surface area is 217 Å². The van der Waals surface area contributed by atoms with Crippen LogP contribution in [-0.4, -0.2) is 32.5 Å². The number of pyridine rings is 1. The lowest BCUT2D eigenvalue weighted by molar-refractivity contribution is -0.274.